The molecular weight excluding hydrogens is 240 g/mol. The predicted molar refractivity (Wildman–Crippen MR) is 64.6 cm³/mol. The van der Waals surface area contributed by atoms with Gasteiger partial charge in [-0.2, -0.15) is 0 Å². The molecule has 0 spiro atoms. The first kappa shape index (κ1) is 17.1. The van der Waals surface area contributed by atoms with Crippen molar-refractivity contribution in [2.24, 2.45) is 5.41 Å². The third-order valence-corrected chi connectivity index (χ3v) is 2.42. The van der Waals surface area contributed by atoms with Crippen LogP contribution >= 0.6 is 0 Å². The smallest absolute Gasteiger partial charge is 0.335 e. The molecule has 0 aliphatic carbocycles. The molecule has 106 valence electrons. The first-order chi connectivity index (χ1) is 8.22. The molecule has 0 unspecified atom stereocenters. The summed E-state index contributed by atoms with van der Waals surface area (Å²) in [6.45, 7) is 6.53. The van der Waals surface area contributed by atoms with E-state index in [4.69, 9.17) is 24.8 Å². The van der Waals surface area contributed by atoms with Gasteiger partial charge in [-0.1, -0.05) is 6.58 Å². The maximum absolute atomic E-state index is 11.3. The molecule has 0 bridgehead atoms. The minimum absolute atomic E-state index is 0.146. The number of carbonyl (C=O) groups is 1. The molecule has 6 nitrogen and oxygen atoms in total. The normalized spacial score (nSPS) is 12.3. The van der Waals surface area contributed by atoms with E-state index in [2.05, 4.69) is 6.58 Å². The lowest BCUT2D eigenvalue weighted by molar-refractivity contribution is -0.228. The van der Waals surface area contributed by atoms with Crippen LogP contribution in [0.2, 0.25) is 0 Å². The number of hydrogen-bond donors (Lipinski definition) is 3. The van der Waals surface area contributed by atoms with Gasteiger partial charge in [0.15, 0.2) is 0 Å². The van der Waals surface area contributed by atoms with Gasteiger partial charge in [-0.25, -0.2) is 4.79 Å². The van der Waals surface area contributed by atoms with Gasteiger partial charge < -0.3 is 24.8 Å². The van der Waals surface area contributed by atoms with Crippen molar-refractivity contribution in [3.05, 3.63) is 12.2 Å². The van der Waals surface area contributed by atoms with E-state index < -0.39 is 37.0 Å². The van der Waals surface area contributed by atoms with Gasteiger partial charge in [0.05, 0.1) is 31.8 Å². The summed E-state index contributed by atoms with van der Waals surface area (Å²) in [7, 11) is 0. The third kappa shape index (κ3) is 5.14. The molecule has 0 fully saturated rings. The Morgan fingerprint density at radius 1 is 1.17 bits per heavy atom. The third-order valence-electron chi connectivity index (χ3n) is 2.42. The zero-order valence-corrected chi connectivity index (χ0v) is 11.1. The highest BCUT2D eigenvalue weighted by molar-refractivity contribution is 5.87. The summed E-state index contributed by atoms with van der Waals surface area (Å²) >= 11 is 0. The Morgan fingerprint density at radius 3 is 1.94 bits per heavy atom. The van der Waals surface area contributed by atoms with Gasteiger partial charge in [-0.15, -0.1) is 0 Å². The van der Waals surface area contributed by atoms with Gasteiger partial charge >= 0.3 is 5.97 Å². The first-order valence-electron chi connectivity index (χ1n) is 5.57. The standard InChI is InChI=1S/C12H22O6/c1-9(2)10(16)18-11(3,4)17-8-12(5-13,6-14)7-15/h13-15H,1,5-8H2,2-4H3. The fourth-order valence-corrected chi connectivity index (χ4v) is 0.954. The molecule has 0 radical (unpaired) electrons. The SMILES string of the molecule is C=C(C)C(=O)OC(C)(C)OCC(CO)(CO)CO. The number of aliphatic hydroxyl groups is 3. The summed E-state index contributed by atoms with van der Waals surface area (Å²) in [5.41, 5.74) is -0.920. The summed E-state index contributed by atoms with van der Waals surface area (Å²) in [6, 6.07) is 0. The highest BCUT2D eigenvalue weighted by atomic mass is 16.7. The number of ether oxygens (including phenoxy) is 2. The maximum atomic E-state index is 11.3. The molecule has 18 heavy (non-hydrogen) atoms. The van der Waals surface area contributed by atoms with Crippen molar-refractivity contribution in [1.29, 1.82) is 0 Å². The second-order valence-electron chi connectivity index (χ2n) is 4.83. The van der Waals surface area contributed by atoms with Crippen molar-refractivity contribution in [2.75, 3.05) is 26.4 Å². The zero-order valence-electron chi connectivity index (χ0n) is 11.1. The minimum Gasteiger partial charge on any atom is -0.430 e. The van der Waals surface area contributed by atoms with Crippen LogP contribution in [-0.4, -0.2) is 53.5 Å². The van der Waals surface area contributed by atoms with Crippen molar-refractivity contribution in [3.8, 4) is 0 Å². The van der Waals surface area contributed by atoms with Crippen LogP contribution in [0.3, 0.4) is 0 Å². The molecular formula is C12H22O6. The van der Waals surface area contributed by atoms with E-state index in [9.17, 15) is 4.79 Å². The summed E-state index contributed by atoms with van der Waals surface area (Å²) in [6.07, 6.45) is 0. The van der Waals surface area contributed by atoms with Gasteiger partial charge in [0.2, 0.25) is 5.79 Å². The van der Waals surface area contributed by atoms with Gasteiger partial charge in [0, 0.05) is 19.4 Å². The van der Waals surface area contributed by atoms with Crippen molar-refractivity contribution in [2.45, 2.75) is 26.6 Å². The van der Waals surface area contributed by atoms with E-state index in [1.54, 1.807) is 0 Å². The quantitative estimate of drug-likeness (QED) is 0.319. The van der Waals surface area contributed by atoms with E-state index in [1.165, 1.54) is 20.8 Å². The van der Waals surface area contributed by atoms with E-state index in [1.807, 2.05) is 0 Å². The molecule has 0 aromatic rings. The molecule has 0 saturated carbocycles. The minimum atomic E-state index is -1.24. The first-order valence-corrected chi connectivity index (χ1v) is 5.57. The fraction of sp³-hybridized carbons (Fsp3) is 0.750. The second-order valence-corrected chi connectivity index (χ2v) is 4.83. The van der Waals surface area contributed by atoms with Crippen LogP contribution in [0.1, 0.15) is 20.8 Å². The van der Waals surface area contributed by atoms with Crippen LogP contribution in [-0.2, 0) is 14.3 Å². The summed E-state index contributed by atoms with van der Waals surface area (Å²) in [5, 5.41) is 27.4. The van der Waals surface area contributed by atoms with Crippen molar-refractivity contribution >= 4 is 5.97 Å². The van der Waals surface area contributed by atoms with Crippen LogP contribution in [0.15, 0.2) is 12.2 Å². The van der Waals surface area contributed by atoms with Crippen LogP contribution in [0.5, 0.6) is 0 Å². The molecule has 0 rings (SSSR count). The molecule has 0 aliphatic rings. The molecule has 0 amide bonds. The van der Waals surface area contributed by atoms with E-state index in [0.717, 1.165) is 0 Å². The Morgan fingerprint density at radius 2 is 1.61 bits per heavy atom. The number of rotatable bonds is 8. The lowest BCUT2D eigenvalue weighted by atomic mass is 9.92. The monoisotopic (exact) mass is 262 g/mol. The number of aliphatic hydroxyl groups excluding tert-OH is 3. The summed E-state index contributed by atoms with van der Waals surface area (Å²) in [4.78, 5) is 11.3. The predicted octanol–water partition coefficient (Wildman–Crippen LogP) is -0.178. The number of esters is 1. The largest absolute Gasteiger partial charge is 0.430 e. The van der Waals surface area contributed by atoms with E-state index >= 15 is 0 Å². The fourth-order valence-electron chi connectivity index (χ4n) is 0.954. The molecule has 6 heteroatoms. The van der Waals surface area contributed by atoms with Crippen LogP contribution in [0, 0.1) is 5.41 Å². The molecule has 0 atom stereocenters. The number of carbonyl (C=O) groups excluding carboxylic acids is 1. The van der Waals surface area contributed by atoms with Crippen LogP contribution < -0.4 is 0 Å². The van der Waals surface area contributed by atoms with Crippen LogP contribution in [0.25, 0.3) is 0 Å². The molecule has 0 heterocycles. The molecule has 0 saturated heterocycles. The zero-order chi connectivity index (χ0) is 14.4. The Kier molecular flexibility index (Phi) is 6.48. The van der Waals surface area contributed by atoms with Crippen molar-refractivity contribution in [1.82, 2.24) is 0 Å². The molecule has 0 aromatic heterocycles. The average molecular weight is 262 g/mol. The number of hydrogen-bond acceptors (Lipinski definition) is 6. The van der Waals surface area contributed by atoms with Crippen LogP contribution in [0.4, 0.5) is 0 Å². The summed E-state index contributed by atoms with van der Waals surface area (Å²) < 4.78 is 10.3. The lowest BCUT2D eigenvalue weighted by Crippen LogP contribution is -2.43. The molecule has 0 aliphatic heterocycles. The second kappa shape index (κ2) is 6.84. The molecule has 3 N–H and O–H groups in total. The Labute approximate surface area is 107 Å². The Balaban J connectivity index is 4.49. The molecule has 0 aromatic carbocycles. The maximum Gasteiger partial charge on any atom is 0.335 e. The highest BCUT2D eigenvalue weighted by Gasteiger charge is 2.33. The average Bonchev–Trinajstić information content (AvgIpc) is 2.31. The highest BCUT2D eigenvalue weighted by Crippen LogP contribution is 2.21. The van der Waals surface area contributed by atoms with Gasteiger partial charge in [0.1, 0.15) is 0 Å². The van der Waals surface area contributed by atoms with Gasteiger partial charge in [0.25, 0.3) is 0 Å². The van der Waals surface area contributed by atoms with Crippen molar-refractivity contribution < 1.29 is 29.6 Å². The Hall–Kier alpha value is -0.950. The van der Waals surface area contributed by atoms with Gasteiger partial charge in [-0.3, -0.25) is 0 Å². The van der Waals surface area contributed by atoms with Crippen molar-refractivity contribution in [3.63, 3.8) is 0 Å². The van der Waals surface area contributed by atoms with E-state index in [0.29, 0.717) is 0 Å². The lowest BCUT2D eigenvalue weighted by Gasteiger charge is -2.32. The topological polar surface area (TPSA) is 96.2 Å². The van der Waals surface area contributed by atoms with E-state index in [-0.39, 0.29) is 12.2 Å². The summed E-state index contributed by atoms with van der Waals surface area (Å²) in [5.74, 6) is -1.83. The Bertz CT molecular complexity index is 285. The van der Waals surface area contributed by atoms with Gasteiger partial charge in [-0.05, 0) is 6.92 Å².